The van der Waals surface area contributed by atoms with Gasteiger partial charge in [-0.2, -0.15) is 0 Å². The minimum absolute atomic E-state index is 0.0249. The fraction of sp³-hybridized carbons (Fsp3) is 0.389. The smallest absolute Gasteiger partial charge is 0.272 e. The van der Waals surface area contributed by atoms with Crippen molar-refractivity contribution in [3.8, 4) is 0 Å². The third-order valence-electron chi connectivity index (χ3n) is 4.34. The van der Waals surface area contributed by atoms with Gasteiger partial charge in [-0.3, -0.25) is 19.7 Å². The highest BCUT2D eigenvalue weighted by molar-refractivity contribution is 6.31. The largest absolute Gasteiger partial charge is 0.336 e. The maximum atomic E-state index is 12.7. The summed E-state index contributed by atoms with van der Waals surface area (Å²) in [6.45, 7) is 5.95. The van der Waals surface area contributed by atoms with Crippen molar-refractivity contribution in [2.75, 3.05) is 26.2 Å². The third kappa shape index (κ3) is 3.91. The van der Waals surface area contributed by atoms with E-state index in [1.54, 1.807) is 18.6 Å². The first-order valence-corrected chi connectivity index (χ1v) is 8.54. The molecule has 1 saturated heterocycles. The molecule has 1 aliphatic heterocycles. The molecule has 126 valence electrons. The van der Waals surface area contributed by atoms with Crippen LogP contribution in [0.4, 0.5) is 0 Å². The van der Waals surface area contributed by atoms with Gasteiger partial charge in [0, 0.05) is 51.3 Å². The number of halogens is 1. The summed E-state index contributed by atoms with van der Waals surface area (Å²) in [4.78, 5) is 25.2. The predicted molar refractivity (Wildman–Crippen MR) is 94.0 cm³/mol. The standard InChI is InChI=1S/C18H21ClN4O/c1-14-4-2-6-21-17(14)18(24)23-9-3-8-22(10-11-23)13-15-5-7-20-12-16(15)19/h2,4-7,12H,3,8-11,13H2,1H3. The Morgan fingerprint density at radius 3 is 2.88 bits per heavy atom. The average Bonchev–Trinajstić information content (AvgIpc) is 2.82. The molecule has 3 heterocycles. The first kappa shape index (κ1) is 16.9. The summed E-state index contributed by atoms with van der Waals surface area (Å²) >= 11 is 6.20. The van der Waals surface area contributed by atoms with Gasteiger partial charge in [-0.05, 0) is 36.6 Å². The molecule has 0 saturated carbocycles. The zero-order valence-electron chi connectivity index (χ0n) is 13.8. The summed E-state index contributed by atoms with van der Waals surface area (Å²) < 4.78 is 0. The molecule has 0 N–H and O–H groups in total. The molecular weight excluding hydrogens is 324 g/mol. The number of aromatic nitrogens is 2. The monoisotopic (exact) mass is 344 g/mol. The Hall–Kier alpha value is -1.98. The van der Waals surface area contributed by atoms with E-state index in [0.29, 0.717) is 17.3 Å². The molecule has 0 atom stereocenters. The molecule has 24 heavy (non-hydrogen) atoms. The van der Waals surface area contributed by atoms with Crippen LogP contribution in [0.1, 0.15) is 28.0 Å². The molecule has 6 heteroatoms. The van der Waals surface area contributed by atoms with Crippen LogP contribution in [0.3, 0.4) is 0 Å². The predicted octanol–water partition coefficient (Wildman–Crippen LogP) is 2.79. The fourth-order valence-electron chi connectivity index (χ4n) is 2.96. The van der Waals surface area contributed by atoms with E-state index in [1.807, 2.05) is 30.0 Å². The van der Waals surface area contributed by atoms with Gasteiger partial charge < -0.3 is 4.90 Å². The van der Waals surface area contributed by atoms with E-state index in [4.69, 9.17) is 11.6 Å². The van der Waals surface area contributed by atoms with Crippen LogP contribution in [0.2, 0.25) is 5.02 Å². The lowest BCUT2D eigenvalue weighted by atomic mass is 10.2. The van der Waals surface area contributed by atoms with Crippen molar-refractivity contribution in [3.63, 3.8) is 0 Å². The number of carbonyl (C=O) groups is 1. The molecule has 0 unspecified atom stereocenters. The summed E-state index contributed by atoms with van der Waals surface area (Å²) in [5.74, 6) is 0.0249. The minimum atomic E-state index is 0.0249. The number of rotatable bonds is 3. The Bertz CT molecular complexity index is 722. The molecule has 0 spiro atoms. The van der Waals surface area contributed by atoms with E-state index >= 15 is 0 Å². The summed E-state index contributed by atoms with van der Waals surface area (Å²) in [6.07, 6.45) is 6.06. The second-order valence-electron chi connectivity index (χ2n) is 6.06. The van der Waals surface area contributed by atoms with E-state index in [2.05, 4.69) is 14.9 Å². The highest BCUT2D eigenvalue weighted by atomic mass is 35.5. The summed E-state index contributed by atoms with van der Waals surface area (Å²) in [7, 11) is 0. The molecule has 0 bridgehead atoms. The summed E-state index contributed by atoms with van der Waals surface area (Å²) in [6, 6.07) is 5.73. The zero-order chi connectivity index (χ0) is 16.9. The second-order valence-corrected chi connectivity index (χ2v) is 6.47. The lowest BCUT2D eigenvalue weighted by Crippen LogP contribution is -2.35. The van der Waals surface area contributed by atoms with E-state index in [-0.39, 0.29) is 5.91 Å². The van der Waals surface area contributed by atoms with E-state index in [0.717, 1.165) is 43.7 Å². The lowest BCUT2D eigenvalue weighted by Gasteiger charge is -2.22. The molecule has 2 aromatic heterocycles. The Kier molecular flexibility index (Phi) is 5.43. The van der Waals surface area contributed by atoms with Gasteiger partial charge in [-0.25, -0.2) is 0 Å². The molecule has 5 nitrogen and oxygen atoms in total. The van der Waals surface area contributed by atoms with E-state index in [9.17, 15) is 4.79 Å². The first-order valence-electron chi connectivity index (χ1n) is 8.17. The third-order valence-corrected chi connectivity index (χ3v) is 4.68. The molecule has 1 amide bonds. The lowest BCUT2D eigenvalue weighted by molar-refractivity contribution is 0.0754. The van der Waals surface area contributed by atoms with Crippen molar-refractivity contribution in [1.82, 2.24) is 19.8 Å². The summed E-state index contributed by atoms with van der Waals surface area (Å²) in [5.41, 5.74) is 2.56. The van der Waals surface area contributed by atoms with Gasteiger partial charge in [0.25, 0.3) is 5.91 Å². The van der Waals surface area contributed by atoms with Gasteiger partial charge in [0.2, 0.25) is 0 Å². The normalized spacial score (nSPS) is 16.0. The SMILES string of the molecule is Cc1cccnc1C(=O)N1CCCN(Cc2ccncc2Cl)CC1. The van der Waals surface area contributed by atoms with Crippen LogP contribution < -0.4 is 0 Å². The van der Waals surface area contributed by atoms with Crippen molar-refractivity contribution in [3.05, 3.63) is 58.6 Å². The van der Waals surface area contributed by atoms with Gasteiger partial charge in [0.15, 0.2) is 0 Å². The van der Waals surface area contributed by atoms with E-state index < -0.39 is 0 Å². The second kappa shape index (κ2) is 7.73. The number of carbonyl (C=O) groups excluding carboxylic acids is 1. The Morgan fingerprint density at radius 1 is 1.21 bits per heavy atom. The average molecular weight is 345 g/mol. The fourth-order valence-corrected chi connectivity index (χ4v) is 3.14. The molecular formula is C18H21ClN4O. The highest BCUT2D eigenvalue weighted by Crippen LogP contribution is 2.17. The molecule has 0 aliphatic carbocycles. The number of hydrogen-bond donors (Lipinski definition) is 0. The van der Waals surface area contributed by atoms with Gasteiger partial charge in [-0.1, -0.05) is 17.7 Å². The van der Waals surface area contributed by atoms with Crippen LogP contribution in [-0.4, -0.2) is 51.9 Å². The van der Waals surface area contributed by atoms with Crippen LogP contribution >= 0.6 is 11.6 Å². The topological polar surface area (TPSA) is 49.3 Å². The van der Waals surface area contributed by atoms with Crippen LogP contribution in [0.15, 0.2) is 36.8 Å². The summed E-state index contributed by atoms with van der Waals surface area (Å²) in [5, 5.41) is 0.693. The van der Waals surface area contributed by atoms with Crippen LogP contribution in [0.25, 0.3) is 0 Å². The van der Waals surface area contributed by atoms with Gasteiger partial charge in [0.1, 0.15) is 5.69 Å². The highest BCUT2D eigenvalue weighted by Gasteiger charge is 2.22. The van der Waals surface area contributed by atoms with Crippen LogP contribution in [-0.2, 0) is 6.54 Å². The molecule has 3 rings (SSSR count). The van der Waals surface area contributed by atoms with Crippen molar-refractivity contribution in [2.45, 2.75) is 19.9 Å². The molecule has 0 aromatic carbocycles. The maximum Gasteiger partial charge on any atom is 0.272 e. The van der Waals surface area contributed by atoms with Crippen molar-refractivity contribution in [1.29, 1.82) is 0 Å². The minimum Gasteiger partial charge on any atom is -0.336 e. The number of pyridine rings is 2. The Labute approximate surface area is 147 Å². The van der Waals surface area contributed by atoms with Crippen molar-refractivity contribution < 1.29 is 4.79 Å². The quantitative estimate of drug-likeness (QED) is 0.859. The molecule has 2 aromatic rings. The first-order chi connectivity index (χ1) is 11.6. The van der Waals surface area contributed by atoms with Gasteiger partial charge in [0.05, 0.1) is 5.02 Å². The maximum absolute atomic E-state index is 12.7. The molecule has 1 fully saturated rings. The van der Waals surface area contributed by atoms with Gasteiger partial charge >= 0.3 is 0 Å². The number of amides is 1. The molecule has 0 radical (unpaired) electrons. The van der Waals surface area contributed by atoms with E-state index in [1.165, 1.54) is 0 Å². The Balaban J connectivity index is 1.64. The van der Waals surface area contributed by atoms with Crippen molar-refractivity contribution in [2.24, 2.45) is 0 Å². The van der Waals surface area contributed by atoms with Crippen LogP contribution in [0.5, 0.6) is 0 Å². The van der Waals surface area contributed by atoms with Gasteiger partial charge in [-0.15, -0.1) is 0 Å². The molecule has 1 aliphatic rings. The number of nitrogens with zero attached hydrogens (tertiary/aromatic N) is 4. The Morgan fingerprint density at radius 2 is 2.08 bits per heavy atom. The number of aryl methyl sites for hydroxylation is 1. The van der Waals surface area contributed by atoms with Crippen molar-refractivity contribution >= 4 is 17.5 Å². The van der Waals surface area contributed by atoms with Crippen LogP contribution in [0, 0.1) is 6.92 Å². The number of hydrogen-bond acceptors (Lipinski definition) is 4. The zero-order valence-corrected chi connectivity index (χ0v) is 14.5.